The number of aryl methyl sites for hydroxylation is 1. The van der Waals surface area contributed by atoms with E-state index in [2.05, 4.69) is 50.1 Å². The standard InChI is InChI=1S/C24H29NO4Si/c1-16-10-12-19(30(4,5)6)15-17(16)14-18-11-13-22(29-18)24(26)25-23-20(27-2)8-7-9-21(23)28-3/h7-13,15H,14H2,1-6H3,(H,25,26). The third kappa shape index (κ3) is 4.76. The van der Waals surface area contributed by atoms with Crippen LogP contribution in [0, 0.1) is 6.92 Å². The summed E-state index contributed by atoms with van der Waals surface area (Å²) in [7, 11) is 1.70. The Morgan fingerprint density at radius 1 is 1.00 bits per heavy atom. The fraction of sp³-hybridized carbons (Fsp3) is 0.292. The summed E-state index contributed by atoms with van der Waals surface area (Å²) in [5.41, 5.74) is 2.92. The van der Waals surface area contributed by atoms with Crippen molar-refractivity contribution in [3.05, 3.63) is 71.2 Å². The number of hydrogen-bond donors (Lipinski definition) is 1. The lowest BCUT2D eigenvalue weighted by Crippen LogP contribution is -2.37. The van der Waals surface area contributed by atoms with E-state index in [4.69, 9.17) is 13.9 Å². The average Bonchev–Trinajstić information content (AvgIpc) is 3.17. The number of para-hydroxylation sites is 1. The topological polar surface area (TPSA) is 60.7 Å². The lowest BCUT2D eigenvalue weighted by Gasteiger charge is -2.18. The van der Waals surface area contributed by atoms with Crippen LogP contribution in [-0.2, 0) is 6.42 Å². The molecule has 6 heteroatoms. The smallest absolute Gasteiger partial charge is 0.291 e. The Morgan fingerprint density at radius 2 is 1.67 bits per heavy atom. The molecule has 2 aromatic carbocycles. The van der Waals surface area contributed by atoms with Gasteiger partial charge in [-0.3, -0.25) is 4.79 Å². The maximum Gasteiger partial charge on any atom is 0.291 e. The first-order chi connectivity index (χ1) is 14.2. The number of amides is 1. The number of methoxy groups -OCH3 is 2. The zero-order chi connectivity index (χ0) is 21.9. The highest BCUT2D eigenvalue weighted by molar-refractivity contribution is 6.88. The molecule has 3 aromatic rings. The van der Waals surface area contributed by atoms with Crippen molar-refractivity contribution in [3.63, 3.8) is 0 Å². The van der Waals surface area contributed by atoms with Gasteiger partial charge in [0.1, 0.15) is 22.9 Å². The minimum Gasteiger partial charge on any atom is -0.494 e. The van der Waals surface area contributed by atoms with Crippen LogP contribution in [0.1, 0.15) is 27.4 Å². The van der Waals surface area contributed by atoms with Crippen LogP contribution in [0.2, 0.25) is 19.6 Å². The average molecular weight is 424 g/mol. The fourth-order valence-corrected chi connectivity index (χ4v) is 4.45. The Morgan fingerprint density at radius 3 is 2.27 bits per heavy atom. The van der Waals surface area contributed by atoms with Gasteiger partial charge >= 0.3 is 0 Å². The monoisotopic (exact) mass is 423 g/mol. The minimum atomic E-state index is -1.40. The summed E-state index contributed by atoms with van der Waals surface area (Å²) in [6.07, 6.45) is 0.648. The number of benzene rings is 2. The van der Waals surface area contributed by atoms with E-state index in [1.807, 2.05) is 6.07 Å². The summed E-state index contributed by atoms with van der Waals surface area (Å²) in [5.74, 6) is 1.69. The SMILES string of the molecule is COc1cccc(OC)c1NC(=O)c1ccc(Cc2cc([Si](C)(C)C)ccc2C)o1. The maximum atomic E-state index is 12.8. The second kappa shape index (κ2) is 8.79. The van der Waals surface area contributed by atoms with Crippen LogP contribution in [0.3, 0.4) is 0 Å². The van der Waals surface area contributed by atoms with Gasteiger partial charge in [0.2, 0.25) is 0 Å². The molecular formula is C24H29NO4Si. The summed E-state index contributed by atoms with van der Waals surface area (Å²) in [4.78, 5) is 12.8. The first-order valence-electron chi connectivity index (χ1n) is 9.94. The molecule has 0 aliphatic rings. The normalized spacial score (nSPS) is 11.3. The van der Waals surface area contributed by atoms with E-state index >= 15 is 0 Å². The van der Waals surface area contributed by atoms with Gasteiger partial charge in [0.05, 0.1) is 22.3 Å². The van der Waals surface area contributed by atoms with Crippen molar-refractivity contribution in [2.45, 2.75) is 33.0 Å². The minimum absolute atomic E-state index is 0.247. The molecule has 0 unspecified atom stereocenters. The lowest BCUT2D eigenvalue weighted by molar-refractivity contribution is 0.0994. The molecule has 1 amide bonds. The van der Waals surface area contributed by atoms with Gasteiger partial charge in [-0.15, -0.1) is 0 Å². The van der Waals surface area contributed by atoms with Gasteiger partial charge in [-0.2, -0.15) is 0 Å². The molecular weight excluding hydrogens is 394 g/mol. The highest BCUT2D eigenvalue weighted by Crippen LogP contribution is 2.34. The highest BCUT2D eigenvalue weighted by Gasteiger charge is 2.19. The third-order valence-electron chi connectivity index (χ3n) is 5.13. The van der Waals surface area contributed by atoms with Crippen LogP contribution in [0.25, 0.3) is 0 Å². The Balaban J connectivity index is 1.80. The predicted octanol–water partition coefficient (Wildman–Crippen LogP) is 4.99. The largest absolute Gasteiger partial charge is 0.494 e. The molecule has 0 aliphatic heterocycles. The molecule has 0 saturated heterocycles. The predicted molar refractivity (Wildman–Crippen MR) is 123 cm³/mol. The van der Waals surface area contributed by atoms with Gasteiger partial charge in [-0.1, -0.05) is 49.1 Å². The number of anilines is 1. The molecule has 0 spiro atoms. The quantitative estimate of drug-likeness (QED) is 0.544. The van der Waals surface area contributed by atoms with Crippen LogP contribution in [0.15, 0.2) is 52.9 Å². The maximum absolute atomic E-state index is 12.8. The second-order valence-corrected chi connectivity index (χ2v) is 13.4. The molecule has 0 radical (unpaired) electrons. The number of nitrogens with one attached hydrogen (secondary N) is 1. The van der Waals surface area contributed by atoms with E-state index in [0.29, 0.717) is 23.6 Å². The molecule has 158 valence electrons. The van der Waals surface area contributed by atoms with Crippen LogP contribution >= 0.6 is 0 Å². The van der Waals surface area contributed by atoms with Gasteiger partial charge in [-0.05, 0) is 42.3 Å². The summed E-state index contributed by atoms with van der Waals surface area (Å²) >= 11 is 0. The van der Waals surface area contributed by atoms with Crippen LogP contribution in [0.5, 0.6) is 11.5 Å². The van der Waals surface area contributed by atoms with Crippen LogP contribution in [-0.4, -0.2) is 28.2 Å². The molecule has 0 fully saturated rings. The number of ether oxygens (including phenoxy) is 2. The third-order valence-corrected chi connectivity index (χ3v) is 7.17. The van der Waals surface area contributed by atoms with Crippen molar-refractivity contribution in [2.24, 2.45) is 0 Å². The number of carbonyl (C=O) groups is 1. The molecule has 1 heterocycles. The van der Waals surface area contributed by atoms with Crippen LogP contribution in [0.4, 0.5) is 5.69 Å². The number of carbonyl (C=O) groups excluding carboxylic acids is 1. The van der Waals surface area contributed by atoms with Crippen molar-refractivity contribution in [1.82, 2.24) is 0 Å². The van der Waals surface area contributed by atoms with E-state index in [0.717, 1.165) is 5.76 Å². The second-order valence-electron chi connectivity index (χ2n) is 8.33. The van der Waals surface area contributed by atoms with E-state index in [1.165, 1.54) is 16.3 Å². The molecule has 30 heavy (non-hydrogen) atoms. The summed E-state index contributed by atoms with van der Waals surface area (Å²) in [5, 5.41) is 4.25. The molecule has 0 saturated carbocycles. The van der Waals surface area contributed by atoms with E-state index in [1.54, 1.807) is 38.5 Å². The van der Waals surface area contributed by atoms with Crippen molar-refractivity contribution in [2.75, 3.05) is 19.5 Å². The van der Waals surface area contributed by atoms with E-state index < -0.39 is 8.07 Å². The molecule has 1 N–H and O–H groups in total. The summed E-state index contributed by atoms with van der Waals surface area (Å²) in [6, 6.07) is 15.6. The molecule has 0 atom stereocenters. The van der Waals surface area contributed by atoms with Gasteiger partial charge in [0.15, 0.2) is 5.76 Å². The fourth-order valence-electron chi connectivity index (χ4n) is 3.26. The first kappa shape index (κ1) is 21.7. The summed E-state index contributed by atoms with van der Waals surface area (Å²) in [6.45, 7) is 9.11. The van der Waals surface area contributed by atoms with E-state index in [-0.39, 0.29) is 11.7 Å². The van der Waals surface area contributed by atoms with Crippen molar-refractivity contribution < 1.29 is 18.7 Å². The van der Waals surface area contributed by atoms with Gasteiger partial charge in [0.25, 0.3) is 5.91 Å². The van der Waals surface area contributed by atoms with Gasteiger partial charge < -0.3 is 19.2 Å². The Kier molecular flexibility index (Phi) is 6.36. The summed E-state index contributed by atoms with van der Waals surface area (Å²) < 4.78 is 16.5. The molecule has 3 rings (SSSR count). The molecule has 0 bridgehead atoms. The lowest BCUT2D eigenvalue weighted by atomic mass is 10.0. The molecule has 0 aliphatic carbocycles. The first-order valence-corrected chi connectivity index (χ1v) is 13.4. The zero-order valence-electron chi connectivity index (χ0n) is 18.5. The Labute approximate surface area is 179 Å². The molecule has 1 aromatic heterocycles. The number of rotatable bonds is 7. The van der Waals surface area contributed by atoms with Crippen molar-refractivity contribution in [3.8, 4) is 11.5 Å². The number of furan rings is 1. The van der Waals surface area contributed by atoms with Crippen LogP contribution < -0.4 is 20.0 Å². The number of hydrogen-bond acceptors (Lipinski definition) is 4. The van der Waals surface area contributed by atoms with E-state index in [9.17, 15) is 4.79 Å². The van der Waals surface area contributed by atoms with Gasteiger partial charge in [0, 0.05) is 6.42 Å². The van der Waals surface area contributed by atoms with Crippen molar-refractivity contribution in [1.29, 1.82) is 0 Å². The van der Waals surface area contributed by atoms with Gasteiger partial charge in [-0.25, -0.2) is 0 Å². The molecule has 5 nitrogen and oxygen atoms in total. The van der Waals surface area contributed by atoms with Crippen molar-refractivity contribution >= 4 is 24.9 Å². The highest BCUT2D eigenvalue weighted by atomic mass is 28.3. The Bertz CT molecular complexity index is 1030. The Hall–Kier alpha value is -2.99. The zero-order valence-corrected chi connectivity index (χ0v) is 19.5.